The molecule has 0 saturated heterocycles. The van der Waals surface area contributed by atoms with Crippen molar-refractivity contribution in [1.29, 1.82) is 0 Å². The summed E-state index contributed by atoms with van der Waals surface area (Å²) in [5.41, 5.74) is 2.01. The molecule has 2 aromatic carbocycles. The fourth-order valence-electron chi connectivity index (χ4n) is 2.13. The molecule has 0 aliphatic heterocycles. The van der Waals surface area contributed by atoms with Crippen molar-refractivity contribution in [1.82, 2.24) is 5.32 Å². The topological polar surface area (TPSA) is 72.2 Å². The summed E-state index contributed by atoms with van der Waals surface area (Å²) in [4.78, 5) is 22.2. The first kappa shape index (κ1) is 20.6. The smallest absolute Gasteiger partial charge is 0.269 e. The van der Waals surface area contributed by atoms with Crippen LogP contribution in [0.15, 0.2) is 48.5 Å². The maximum absolute atomic E-state index is 11.8. The summed E-state index contributed by atoms with van der Waals surface area (Å²) in [6.45, 7) is 0.603. The molecular formula is C18H19ClN2O3S2. The lowest BCUT2D eigenvalue weighted by Gasteiger charge is -2.06. The molecule has 0 heterocycles. The molecule has 5 nitrogen and oxygen atoms in total. The predicted molar refractivity (Wildman–Crippen MR) is 110 cm³/mol. The summed E-state index contributed by atoms with van der Waals surface area (Å²) in [6.07, 6.45) is 0. The first-order valence-corrected chi connectivity index (χ1v) is 10.6. The second-order valence-electron chi connectivity index (χ2n) is 5.41. The zero-order valence-corrected chi connectivity index (χ0v) is 16.4. The van der Waals surface area contributed by atoms with Crippen LogP contribution in [0.25, 0.3) is 0 Å². The van der Waals surface area contributed by atoms with Gasteiger partial charge >= 0.3 is 0 Å². The number of hydrogen-bond acceptors (Lipinski definition) is 5. The maximum Gasteiger partial charge on any atom is 0.269 e. The lowest BCUT2D eigenvalue weighted by molar-refractivity contribution is -0.384. The average molecular weight is 411 g/mol. The van der Waals surface area contributed by atoms with Gasteiger partial charge in [0.05, 0.1) is 10.7 Å². The van der Waals surface area contributed by atoms with E-state index in [0.717, 1.165) is 27.7 Å². The highest BCUT2D eigenvalue weighted by Gasteiger charge is 2.07. The Morgan fingerprint density at radius 1 is 1.12 bits per heavy atom. The van der Waals surface area contributed by atoms with Gasteiger partial charge in [-0.2, -0.15) is 11.8 Å². The van der Waals surface area contributed by atoms with Gasteiger partial charge in [-0.1, -0.05) is 41.9 Å². The van der Waals surface area contributed by atoms with E-state index in [2.05, 4.69) is 5.32 Å². The average Bonchev–Trinajstić information content (AvgIpc) is 2.63. The fourth-order valence-corrected chi connectivity index (χ4v) is 4.08. The van der Waals surface area contributed by atoms with Crippen LogP contribution >= 0.6 is 35.1 Å². The third kappa shape index (κ3) is 7.27. The van der Waals surface area contributed by atoms with Crippen LogP contribution in [-0.2, 0) is 16.3 Å². The summed E-state index contributed by atoms with van der Waals surface area (Å²) < 4.78 is 0. The number of benzene rings is 2. The SMILES string of the molecule is O=C(CSCc1cccc([N+](=O)[O-])c1)NCCSCc1ccccc1Cl. The lowest BCUT2D eigenvalue weighted by atomic mass is 10.2. The van der Waals surface area contributed by atoms with Crippen molar-refractivity contribution in [2.75, 3.05) is 18.1 Å². The van der Waals surface area contributed by atoms with E-state index in [1.807, 2.05) is 30.3 Å². The summed E-state index contributed by atoms with van der Waals surface area (Å²) in [5, 5.41) is 14.4. The standard InChI is InChI=1S/C18H19ClN2O3S2/c19-17-7-2-1-5-15(17)12-25-9-8-20-18(22)13-26-11-14-4-3-6-16(10-14)21(23)24/h1-7,10H,8-9,11-13H2,(H,20,22). The van der Waals surface area contributed by atoms with Gasteiger partial charge in [0.2, 0.25) is 5.91 Å². The Bertz CT molecular complexity index is 759. The van der Waals surface area contributed by atoms with Crippen molar-refractivity contribution in [3.63, 3.8) is 0 Å². The number of carbonyl (C=O) groups is 1. The minimum atomic E-state index is -0.416. The Balaban J connectivity index is 1.58. The monoisotopic (exact) mass is 410 g/mol. The van der Waals surface area contributed by atoms with E-state index in [-0.39, 0.29) is 11.6 Å². The normalized spacial score (nSPS) is 10.5. The van der Waals surface area contributed by atoms with Crippen molar-refractivity contribution >= 4 is 46.7 Å². The minimum Gasteiger partial charge on any atom is -0.355 e. The third-order valence-corrected chi connectivity index (χ3v) is 5.79. The summed E-state index contributed by atoms with van der Waals surface area (Å²) in [5.74, 6) is 2.50. The number of nitrogens with one attached hydrogen (secondary N) is 1. The number of halogens is 1. The molecule has 0 aliphatic rings. The van der Waals surface area contributed by atoms with E-state index in [0.29, 0.717) is 18.1 Å². The maximum atomic E-state index is 11.8. The van der Waals surface area contributed by atoms with Crippen LogP contribution in [0.2, 0.25) is 5.02 Å². The molecule has 0 spiro atoms. The molecule has 2 rings (SSSR count). The summed E-state index contributed by atoms with van der Waals surface area (Å²) >= 11 is 9.26. The number of nitro groups is 1. The molecule has 0 saturated carbocycles. The lowest BCUT2D eigenvalue weighted by Crippen LogP contribution is -2.27. The molecule has 0 bridgehead atoms. The Morgan fingerprint density at radius 3 is 2.69 bits per heavy atom. The van der Waals surface area contributed by atoms with Gasteiger partial charge in [0.25, 0.3) is 5.69 Å². The van der Waals surface area contributed by atoms with Gasteiger partial charge in [-0.05, 0) is 17.2 Å². The largest absolute Gasteiger partial charge is 0.355 e. The zero-order chi connectivity index (χ0) is 18.8. The first-order valence-electron chi connectivity index (χ1n) is 7.95. The van der Waals surface area contributed by atoms with E-state index in [1.165, 1.54) is 23.9 Å². The molecule has 2 aromatic rings. The number of nitro benzene ring substituents is 1. The first-order chi connectivity index (χ1) is 12.6. The summed E-state index contributed by atoms with van der Waals surface area (Å²) in [6, 6.07) is 14.2. The fraction of sp³-hybridized carbons (Fsp3) is 0.278. The molecule has 0 aromatic heterocycles. The quantitative estimate of drug-likeness (QED) is 0.354. The summed E-state index contributed by atoms with van der Waals surface area (Å²) in [7, 11) is 0. The number of hydrogen-bond donors (Lipinski definition) is 1. The molecule has 0 fully saturated rings. The molecule has 0 unspecified atom stereocenters. The number of amides is 1. The molecular weight excluding hydrogens is 392 g/mol. The van der Waals surface area contributed by atoms with Gasteiger partial charge < -0.3 is 5.32 Å². The third-order valence-electron chi connectivity index (χ3n) is 3.41. The number of nitrogens with zero attached hydrogens (tertiary/aromatic N) is 1. The van der Waals surface area contributed by atoms with Crippen molar-refractivity contribution in [3.05, 3.63) is 74.8 Å². The highest BCUT2D eigenvalue weighted by molar-refractivity contribution is 7.99. The minimum absolute atomic E-state index is 0.0289. The molecule has 0 aliphatic carbocycles. The molecule has 138 valence electrons. The zero-order valence-electron chi connectivity index (χ0n) is 14.0. The molecule has 0 radical (unpaired) electrons. The highest BCUT2D eigenvalue weighted by atomic mass is 35.5. The Kier molecular flexibility index (Phi) is 8.80. The van der Waals surface area contributed by atoms with Gasteiger partial charge in [0, 0.05) is 41.0 Å². The number of rotatable bonds is 10. The van der Waals surface area contributed by atoms with Gasteiger partial charge in [0.15, 0.2) is 0 Å². The van der Waals surface area contributed by atoms with E-state index < -0.39 is 4.92 Å². The van der Waals surface area contributed by atoms with E-state index >= 15 is 0 Å². The second-order valence-corrected chi connectivity index (χ2v) is 7.91. The van der Waals surface area contributed by atoms with E-state index in [4.69, 9.17) is 11.6 Å². The van der Waals surface area contributed by atoms with Gasteiger partial charge in [-0.3, -0.25) is 14.9 Å². The van der Waals surface area contributed by atoms with Crippen molar-refractivity contribution in [2.45, 2.75) is 11.5 Å². The number of thioether (sulfide) groups is 2. The van der Waals surface area contributed by atoms with Gasteiger partial charge in [-0.25, -0.2) is 0 Å². The molecule has 0 atom stereocenters. The van der Waals surface area contributed by atoms with E-state index in [9.17, 15) is 14.9 Å². The number of carbonyl (C=O) groups excluding carboxylic acids is 1. The Hall–Kier alpha value is -1.70. The Labute approximate surface area is 166 Å². The van der Waals surface area contributed by atoms with Gasteiger partial charge in [0.1, 0.15) is 0 Å². The molecule has 8 heteroatoms. The van der Waals surface area contributed by atoms with Crippen LogP contribution in [0.5, 0.6) is 0 Å². The van der Waals surface area contributed by atoms with Crippen molar-refractivity contribution in [3.8, 4) is 0 Å². The second kappa shape index (κ2) is 11.1. The predicted octanol–water partition coefficient (Wildman–Crippen LogP) is 4.53. The van der Waals surface area contributed by atoms with Crippen molar-refractivity contribution in [2.24, 2.45) is 0 Å². The van der Waals surface area contributed by atoms with Crippen molar-refractivity contribution < 1.29 is 9.72 Å². The molecule has 26 heavy (non-hydrogen) atoms. The van der Waals surface area contributed by atoms with Crippen LogP contribution in [0.1, 0.15) is 11.1 Å². The Morgan fingerprint density at radius 2 is 1.92 bits per heavy atom. The van der Waals surface area contributed by atoms with Crippen LogP contribution in [0.3, 0.4) is 0 Å². The van der Waals surface area contributed by atoms with E-state index in [1.54, 1.807) is 17.8 Å². The number of non-ortho nitro benzene ring substituents is 1. The van der Waals surface area contributed by atoms with Crippen LogP contribution in [0.4, 0.5) is 5.69 Å². The highest BCUT2D eigenvalue weighted by Crippen LogP contribution is 2.20. The van der Waals surface area contributed by atoms with Crippen LogP contribution in [-0.4, -0.2) is 28.9 Å². The van der Waals surface area contributed by atoms with Crippen LogP contribution in [0, 0.1) is 10.1 Å². The molecule has 1 amide bonds. The molecule has 1 N–H and O–H groups in total. The van der Waals surface area contributed by atoms with Gasteiger partial charge in [-0.15, -0.1) is 11.8 Å². The van der Waals surface area contributed by atoms with Crippen LogP contribution < -0.4 is 5.32 Å².